The van der Waals surface area contributed by atoms with Crippen LogP contribution in [0.15, 0.2) is 0 Å². The van der Waals surface area contributed by atoms with E-state index >= 15 is 0 Å². The minimum absolute atomic E-state index is 0.0594. The lowest BCUT2D eigenvalue weighted by atomic mass is 10.3. The molecule has 0 fully saturated rings. The Kier molecular flexibility index (Phi) is 5.02. The Labute approximate surface area is 118 Å². The lowest BCUT2D eigenvalue weighted by Crippen LogP contribution is -2.10. The second-order valence-electron chi connectivity index (χ2n) is 2.85. The highest BCUT2D eigenvalue weighted by Gasteiger charge is 2.20. The fourth-order valence-electron chi connectivity index (χ4n) is 0.942. The highest BCUT2D eigenvalue weighted by atomic mass is 35.5. The van der Waals surface area contributed by atoms with Crippen LogP contribution in [0.2, 0.25) is 25.1 Å². The second kappa shape index (κ2) is 5.65. The van der Waals surface area contributed by atoms with Gasteiger partial charge in [-0.25, -0.2) is 0 Å². The van der Waals surface area contributed by atoms with Gasteiger partial charge in [-0.3, -0.25) is 4.79 Å². The molecular formula is C9H6Cl5NO. The highest BCUT2D eigenvalue weighted by Crippen LogP contribution is 2.46. The maximum Gasteiger partial charge on any atom is 0.224 e. The molecule has 0 aliphatic carbocycles. The Morgan fingerprint density at radius 3 is 1.69 bits per heavy atom. The van der Waals surface area contributed by atoms with Gasteiger partial charge in [-0.2, -0.15) is 0 Å². The molecule has 2 nitrogen and oxygen atoms in total. The summed E-state index contributed by atoms with van der Waals surface area (Å²) in [6.45, 7) is 1.69. The van der Waals surface area contributed by atoms with E-state index in [1.54, 1.807) is 6.92 Å². The summed E-state index contributed by atoms with van der Waals surface area (Å²) < 4.78 is 0. The lowest BCUT2D eigenvalue weighted by molar-refractivity contribution is -0.115. The number of carbonyl (C=O) groups is 1. The molecular weight excluding hydrogens is 315 g/mol. The van der Waals surface area contributed by atoms with Crippen LogP contribution in [-0.2, 0) is 4.79 Å². The molecule has 0 saturated heterocycles. The minimum Gasteiger partial charge on any atom is -0.323 e. The van der Waals surface area contributed by atoms with Gasteiger partial charge in [0.05, 0.1) is 30.8 Å². The van der Waals surface area contributed by atoms with Crippen LogP contribution in [0.25, 0.3) is 0 Å². The Morgan fingerprint density at radius 1 is 0.938 bits per heavy atom. The van der Waals surface area contributed by atoms with Crippen LogP contribution >= 0.6 is 58.0 Å². The van der Waals surface area contributed by atoms with E-state index in [1.807, 2.05) is 0 Å². The van der Waals surface area contributed by atoms with Gasteiger partial charge in [0.25, 0.3) is 0 Å². The summed E-state index contributed by atoms with van der Waals surface area (Å²) in [5.74, 6) is -0.252. The summed E-state index contributed by atoms with van der Waals surface area (Å²) in [5.41, 5.74) is 0.176. The van der Waals surface area contributed by atoms with E-state index in [0.29, 0.717) is 0 Å². The molecule has 0 aliphatic rings. The molecule has 0 aliphatic heterocycles. The zero-order valence-electron chi connectivity index (χ0n) is 8.01. The molecule has 0 unspecified atom stereocenters. The third-order valence-electron chi connectivity index (χ3n) is 1.80. The Balaban J connectivity index is 3.34. The van der Waals surface area contributed by atoms with Crippen molar-refractivity contribution in [2.75, 3.05) is 5.32 Å². The molecule has 1 aromatic carbocycles. The quantitative estimate of drug-likeness (QED) is 0.581. The van der Waals surface area contributed by atoms with Crippen molar-refractivity contribution in [3.8, 4) is 0 Å². The number of benzene rings is 1. The van der Waals surface area contributed by atoms with Crippen LogP contribution in [0.5, 0.6) is 0 Å². The predicted octanol–water partition coefficient (Wildman–Crippen LogP) is 5.30. The molecule has 0 aromatic heterocycles. The molecule has 7 heteroatoms. The number of carbonyl (C=O) groups excluding carboxylic acids is 1. The summed E-state index contributed by atoms with van der Waals surface area (Å²) in [5, 5.41) is 2.83. The Hall–Kier alpha value is 0.140. The van der Waals surface area contributed by atoms with E-state index in [4.69, 9.17) is 58.0 Å². The molecule has 0 spiro atoms. The van der Waals surface area contributed by atoms with Gasteiger partial charge in [0, 0.05) is 6.42 Å². The van der Waals surface area contributed by atoms with Crippen molar-refractivity contribution >= 4 is 69.6 Å². The normalized spacial score (nSPS) is 10.4. The number of amides is 1. The van der Waals surface area contributed by atoms with Crippen LogP contribution in [-0.4, -0.2) is 5.91 Å². The topological polar surface area (TPSA) is 29.1 Å². The van der Waals surface area contributed by atoms with Crippen LogP contribution in [0.4, 0.5) is 5.69 Å². The molecule has 16 heavy (non-hydrogen) atoms. The summed E-state index contributed by atoms with van der Waals surface area (Å²) in [6, 6.07) is 0. The van der Waals surface area contributed by atoms with E-state index in [0.717, 1.165) is 0 Å². The number of nitrogens with one attached hydrogen (secondary N) is 1. The molecule has 0 heterocycles. The summed E-state index contributed by atoms with van der Waals surface area (Å²) >= 11 is 29.2. The van der Waals surface area contributed by atoms with E-state index < -0.39 is 0 Å². The monoisotopic (exact) mass is 319 g/mol. The third-order valence-corrected chi connectivity index (χ3v) is 4.07. The smallest absolute Gasteiger partial charge is 0.224 e. The molecule has 1 amide bonds. The van der Waals surface area contributed by atoms with Gasteiger partial charge in [0.15, 0.2) is 0 Å². The van der Waals surface area contributed by atoms with Gasteiger partial charge in [-0.15, -0.1) is 0 Å². The Bertz CT molecular complexity index is 417. The van der Waals surface area contributed by atoms with Gasteiger partial charge >= 0.3 is 0 Å². The first-order valence-corrected chi connectivity index (χ1v) is 6.10. The first kappa shape index (κ1) is 14.2. The zero-order valence-corrected chi connectivity index (χ0v) is 11.8. The molecule has 1 N–H and O–H groups in total. The summed E-state index contributed by atoms with van der Waals surface area (Å²) in [7, 11) is 0. The maximum absolute atomic E-state index is 11.2. The van der Waals surface area contributed by atoms with E-state index in [-0.39, 0.29) is 43.1 Å². The van der Waals surface area contributed by atoms with Crippen LogP contribution in [0.1, 0.15) is 13.3 Å². The minimum atomic E-state index is -0.252. The molecule has 0 radical (unpaired) electrons. The van der Waals surface area contributed by atoms with Gasteiger partial charge in [0.1, 0.15) is 0 Å². The zero-order chi connectivity index (χ0) is 12.5. The average Bonchev–Trinajstić information content (AvgIpc) is 2.29. The van der Waals surface area contributed by atoms with Crippen molar-refractivity contribution < 1.29 is 4.79 Å². The fourth-order valence-corrected chi connectivity index (χ4v) is 2.18. The van der Waals surface area contributed by atoms with Crippen molar-refractivity contribution in [1.82, 2.24) is 0 Å². The largest absolute Gasteiger partial charge is 0.323 e. The predicted molar refractivity (Wildman–Crippen MR) is 70.4 cm³/mol. The van der Waals surface area contributed by atoms with Crippen molar-refractivity contribution in [2.45, 2.75) is 13.3 Å². The van der Waals surface area contributed by atoms with Gasteiger partial charge < -0.3 is 5.32 Å². The molecule has 88 valence electrons. The first-order chi connectivity index (χ1) is 7.40. The number of halogens is 5. The van der Waals surface area contributed by atoms with Crippen molar-refractivity contribution in [3.63, 3.8) is 0 Å². The van der Waals surface area contributed by atoms with Crippen LogP contribution in [0, 0.1) is 0 Å². The molecule has 0 atom stereocenters. The van der Waals surface area contributed by atoms with Crippen molar-refractivity contribution in [1.29, 1.82) is 0 Å². The standard InChI is InChI=1S/C9H6Cl5NO/c1-2-3(16)15-9-7(13)5(11)4(10)6(12)8(9)14/h2H2,1H3,(H,15,16). The summed E-state index contributed by atoms with van der Waals surface area (Å²) in [4.78, 5) is 11.2. The SMILES string of the molecule is CCC(=O)Nc1c(Cl)c(Cl)c(Cl)c(Cl)c1Cl. The van der Waals surface area contributed by atoms with Crippen molar-refractivity contribution in [2.24, 2.45) is 0 Å². The number of anilines is 1. The molecule has 0 saturated carbocycles. The maximum atomic E-state index is 11.2. The third kappa shape index (κ3) is 2.69. The molecule has 1 aromatic rings. The van der Waals surface area contributed by atoms with Gasteiger partial charge in [0.2, 0.25) is 5.91 Å². The van der Waals surface area contributed by atoms with Crippen LogP contribution < -0.4 is 5.32 Å². The highest BCUT2D eigenvalue weighted by molar-refractivity contribution is 6.56. The van der Waals surface area contributed by atoms with Crippen molar-refractivity contribution in [3.05, 3.63) is 25.1 Å². The van der Waals surface area contributed by atoms with E-state index in [2.05, 4.69) is 5.32 Å². The first-order valence-electron chi connectivity index (χ1n) is 4.21. The van der Waals surface area contributed by atoms with Gasteiger partial charge in [-0.05, 0) is 0 Å². The van der Waals surface area contributed by atoms with Crippen LogP contribution in [0.3, 0.4) is 0 Å². The van der Waals surface area contributed by atoms with E-state index in [1.165, 1.54) is 0 Å². The molecule has 0 bridgehead atoms. The Morgan fingerprint density at radius 2 is 1.31 bits per heavy atom. The summed E-state index contributed by atoms with van der Waals surface area (Å²) in [6.07, 6.45) is 0.282. The van der Waals surface area contributed by atoms with E-state index in [9.17, 15) is 4.79 Å². The number of hydrogen-bond acceptors (Lipinski definition) is 1. The number of rotatable bonds is 2. The second-order valence-corrected chi connectivity index (χ2v) is 4.74. The van der Waals surface area contributed by atoms with Gasteiger partial charge in [-0.1, -0.05) is 64.9 Å². The fraction of sp³-hybridized carbons (Fsp3) is 0.222. The molecule has 1 rings (SSSR count). The number of hydrogen-bond donors (Lipinski definition) is 1. The lowest BCUT2D eigenvalue weighted by Gasteiger charge is -2.12. The average molecular weight is 321 g/mol.